The van der Waals surface area contributed by atoms with Crippen LogP contribution in [0.1, 0.15) is 29.0 Å². The highest BCUT2D eigenvalue weighted by Crippen LogP contribution is 2.27. The zero-order valence-corrected chi connectivity index (χ0v) is 11.8. The van der Waals surface area contributed by atoms with Crippen LogP contribution in [0.3, 0.4) is 0 Å². The topological polar surface area (TPSA) is 12.0 Å². The van der Waals surface area contributed by atoms with E-state index in [1.807, 2.05) is 0 Å². The first kappa shape index (κ1) is 14.1. The first-order valence-electron chi connectivity index (χ1n) is 6.76. The summed E-state index contributed by atoms with van der Waals surface area (Å²) in [7, 11) is 0. The maximum Gasteiger partial charge on any atom is 0.00207 e. The molecule has 1 saturated heterocycles. The average molecular weight is 274 g/mol. The summed E-state index contributed by atoms with van der Waals surface area (Å²) in [5.41, 5.74) is 4.42. The number of benzene rings is 2. The molecular formula is C17H20ClN. The molecule has 1 nitrogen and oxygen atoms in total. The van der Waals surface area contributed by atoms with Crippen molar-refractivity contribution in [3.05, 3.63) is 71.3 Å². The van der Waals surface area contributed by atoms with E-state index in [2.05, 4.69) is 59.9 Å². The molecule has 1 atom stereocenters. The first-order valence-corrected chi connectivity index (χ1v) is 6.76. The SMILES string of the molecule is Cl.c1ccc(Cc2ccccc2C2CCNC2)cc1. The van der Waals surface area contributed by atoms with Crippen molar-refractivity contribution >= 4 is 12.4 Å². The van der Waals surface area contributed by atoms with Gasteiger partial charge in [0.15, 0.2) is 0 Å². The lowest BCUT2D eigenvalue weighted by Gasteiger charge is -2.14. The van der Waals surface area contributed by atoms with E-state index in [0.717, 1.165) is 19.5 Å². The first-order chi connectivity index (χ1) is 8.93. The third kappa shape index (κ3) is 3.37. The van der Waals surface area contributed by atoms with Gasteiger partial charge in [-0.25, -0.2) is 0 Å². The maximum absolute atomic E-state index is 3.46. The van der Waals surface area contributed by atoms with Crippen LogP contribution < -0.4 is 5.32 Å². The van der Waals surface area contributed by atoms with Crippen LogP contribution in [-0.4, -0.2) is 13.1 Å². The number of hydrogen-bond donors (Lipinski definition) is 1. The van der Waals surface area contributed by atoms with E-state index >= 15 is 0 Å². The second-order valence-corrected chi connectivity index (χ2v) is 5.05. The number of nitrogens with one attached hydrogen (secondary N) is 1. The van der Waals surface area contributed by atoms with E-state index < -0.39 is 0 Å². The van der Waals surface area contributed by atoms with Gasteiger partial charge in [0, 0.05) is 6.54 Å². The lowest BCUT2D eigenvalue weighted by atomic mass is 9.90. The van der Waals surface area contributed by atoms with Crippen molar-refractivity contribution in [2.45, 2.75) is 18.8 Å². The van der Waals surface area contributed by atoms with Crippen LogP contribution in [0.25, 0.3) is 0 Å². The summed E-state index contributed by atoms with van der Waals surface area (Å²) >= 11 is 0. The fourth-order valence-electron chi connectivity index (χ4n) is 2.83. The number of halogens is 1. The van der Waals surface area contributed by atoms with Gasteiger partial charge in [-0.2, -0.15) is 0 Å². The predicted octanol–water partition coefficient (Wildman–Crippen LogP) is 3.78. The molecule has 1 heterocycles. The van der Waals surface area contributed by atoms with Gasteiger partial charge in [-0.15, -0.1) is 12.4 Å². The van der Waals surface area contributed by atoms with Crippen LogP contribution in [0.5, 0.6) is 0 Å². The van der Waals surface area contributed by atoms with Crippen LogP contribution in [-0.2, 0) is 6.42 Å². The normalized spacial score (nSPS) is 18.0. The van der Waals surface area contributed by atoms with Gasteiger partial charge in [-0.3, -0.25) is 0 Å². The van der Waals surface area contributed by atoms with E-state index in [9.17, 15) is 0 Å². The van der Waals surface area contributed by atoms with Crippen molar-refractivity contribution in [2.24, 2.45) is 0 Å². The molecule has 0 saturated carbocycles. The molecular weight excluding hydrogens is 254 g/mol. The Hall–Kier alpha value is -1.31. The fourth-order valence-corrected chi connectivity index (χ4v) is 2.83. The van der Waals surface area contributed by atoms with Crippen molar-refractivity contribution in [1.29, 1.82) is 0 Å². The highest BCUT2D eigenvalue weighted by molar-refractivity contribution is 5.85. The maximum atomic E-state index is 3.46. The summed E-state index contributed by atoms with van der Waals surface area (Å²) in [5.74, 6) is 0.699. The minimum atomic E-state index is 0. The molecule has 0 amide bonds. The third-order valence-corrected chi connectivity index (χ3v) is 3.79. The second kappa shape index (κ2) is 6.74. The lowest BCUT2D eigenvalue weighted by molar-refractivity contribution is 0.753. The molecule has 2 heteroatoms. The van der Waals surface area contributed by atoms with Crippen LogP contribution in [0.4, 0.5) is 0 Å². The van der Waals surface area contributed by atoms with Crippen molar-refractivity contribution in [3.8, 4) is 0 Å². The van der Waals surface area contributed by atoms with Gasteiger partial charge >= 0.3 is 0 Å². The van der Waals surface area contributed by atoms with Gasteiger partial charge in [0.1, 0.15) is 0 Å². The third-order valence-electron chi connectivity index (χ3n) is 3.79. The molecule has 100 valence electrons. The van der Waals surface area contributed by atoms with Gasteiger partial charge in [0.2, 0.25) is 0 Å². The summed E-state index contributed by atoms with van der Waals surface area (Å²) in [6.45, 7) is 2.29. The number of hydrogen-bond acceptors (Lipinski definition) is 1. The van der Waals surface area contributed by atoms with E-state index in [1.165, 1.54) is 23.1 Å². The highest BCUT2D eigenvalue weighted by Gasteiger charge is 2.18. The standard InChI is InChI=1S/C17H19N.ClH/c1-2-6-14(7-3-1)12-15-8-4-5-9-17(15)16-10-11-18-13-16;/h1-9,16,18H,10-13H2;1H. The molecule has 3 rings (SSSR count). The van der Waals surface area contributed by atoms with Gasteiger partial charge in [0.05, 0.1) is 0 Å². The van der Waals surface area contributed by atoms with Gasteiger partial charge in [-0.1, -0.05) is 54.6 Å². The Balaban J connectivity index is 0.00000133. The van der Waals surface area contributed by atoms with Crippen molar-refractivity contribution in [3.63, 3.8) is 0 Å². The minimum Gasteiger partial charge on any atom is -0.316 e. The summed E-state index contributed by atoms with van der Waals surface area (Å²) in [5, 5.41) is 3.46. The van der Waals surface area contributed by atoms with Crippen molar-refractivity contribution in [2.75, 3.05) is 13.1 Å². The molecule has 2 aromatic rings. The average Bonchev–Trinajstić information content (AvgIpc) is 2.94. The summed E-state index contributed by atoms with van der Waals surface area (Å²) < 4.78 is 0. The molecule has 0 aliphatic carbocycles. The predicted molar refractivity (Wildman–Crippen MR) is 83.2 cm³/mol. The Morgan fingerprint density at radius 2 is 1.68 bits per heavy atom. The molecule has 1 aliphatic rings. The Morgan fingerprint density at radius 1 is 0.947 bits per heavy atom. The van der Waals surface area contributed by atoms with E-state index in [1.54, 1.807) is 0 Å². The largest absolute Gasteiger partial charge is 0.316 e. The van der Waals surface area contributed by atoms with E-state index in [4.69, 9.17) is 0 Å². The van der Waals surface area contributed by atoms with Crippen molar-refractivity contribution in [1.82, 2.24) is 5.32 Å². The zero-order chi connectivity index (χ0) is 12.2. The van der Waals surface area contributed by atoms with Gasteiger partial charge < -0.3 is 5.32 Å². The quantitative estimate of drug-likeness (QED) is 0.898. The van der Waals surface area contributed by atoms with Crippen molar-refractivity contribution < 1.29 is 0 Å². The van der Waals surface area contributed by atoms with Crippen LogP contribution >= 0.6 is 12.4 Å². The molecule has 0 aromatic heterocycles. The molecule has 0 spiro atoms. The van der Waals surface area contributed by atoms with Crippen LogP contribution in [0.15, 0.2) is 54.6 Å². The monoisotopic (exact) mass is 273 g/mol. The molecule has 0 bridgehead atoms. The Morgan fingerprint density at radius 3 is 2.42 bits per heavy atom. The molecule has 0 radical (unpaired) electrons. The molecule has 1 unspecified atom stereocenters. The Bertz CT molecular complexity index is 504. The van der Waals surface area contributed by atoms with Gasteiger partial charge in [0.25, 0.3) is 0 Å². The van der Waals surface area contributed by atoms with Crippen LogP contribution in [0, 0.1) is 0 Å². The van der Waals surface area contributed by atoms with E-state index in [-0.39, 0.29) is 12.4 Å². The van der Waals surface area contributed by atoms with Crippen LogP contribution in [0.2, 0.25) is 0 Å². The summed E-state index contributed by atoms with van der Waals surface area (Å²) in [6.07, 6.45) is 2.32. The minimum absolute atomic E-state index is 0. The number of rotatable bonds is 3. The lowest BCUT2D eigenvalue weighted by Crippen LogP contribution is -2.09. The molecule has 1 N–H and O–H groups in total. The fraction of sp³-hybridized carbons (Fsp3) is 0.294. The second-order valence-electron chi connectivity index (χ2n) is 5.05. The molecule has 2 aromatic carbocycles. The smallest absolute Gasteiger partial charge is 0.00207 e. The Labute approximate surface area is 121 Å². The van der Waals surface area contributed by atoms with E-state index in [0.29, 0.717) is 5.92 Å². The zero-order valence-electron chi connectivity index (χ0n) is 11.0. The van der Waals surface area contributed by atoms with Gasteiger partial charge in [-0.05, 0) is 42.0 Å². The molecule has 19 heavy (non-hydrogen) atoms. The highest BCUT2D eigenvalue weighted by atomic mass is 35.5. The summed E-state index contributed by atoms with van der Waals surface area (Å²) in [4.78, 5) is 0. The Kier molecular flexibility index (Phi) is 5.00. The molecule has 1 aliphatic heterocycles. The molecule has 1 fully saturated rings. The summed E-state index contributed by atoms with van der Waals surface area (Å²) in [6, 6.07) is 19.6.